The summed E-state index contributed by atoms with van der Waals surface area (Å²) in [5.74, 6) is -0.0535. The molecule has 3 N–H and O–H groups in total. The van der Waals surface area contributed by atoms with E-state index in [0.717, 1.165) is 11.3 Å². The Labute approximate surface area is 112 Å². The summed E-state index contributed by atoms with van der Waals surface area (Å²) in [5, 5.41) is 8.74. The number of hydrogen-bond acceptors (Lipinski definition) is 3. The quantitative estimate of drug-likeness (QED) is 0.761. The van der Waals surface area contributed by atoms with Crippen LogP contribution in [0.2, 0.25) is 0 Å². The van der Waals surface area contributed by atoms with Crippen LogP contribution in [-0.2, 0) is 4.79 Å². The van der Waals surface area contributed by atoms with E-state index in [-0.39, 0.29) is 17.9 Å². The lowest BCUT2D eigenvalue weighted by Gasteiger charge is -2.24. The lowest BCUT2D eigenvalue weighted by Crippen LogP contribution is -2.47. The van der Waals surface area contributed by atoms with Crippen molar-refractivity contribution in [1.29, 1.82) is 0 Å². The molecule has 102 valence electrons. The van der Waals surface area contributed by atoms with Gasteiger partial charge < -0.3 is 16.0 Å². The van der Waals surface area contributed by atoms with Crippen molar-refractivity contribution in [2.75, 3.05) is 18.9 Å². The van der Waals surface area contributed by atoms with Gasteiger partial charge in [0.1, 0.15) is 0 Å². The lowest BCUT2D eigenvalue weighted by atomic mass is 10.1. The zero-order valence-corrected chi connectivity index (χ0v) is 11.2. The van der Waals surface area contributed by atoms with E-state index < -0.39 is 0 Å². The average molecular weight is 261 g/mol. The van der Waals surface area contributed by atoms with Crippen molar-refractivity contribution in [2.45, 2.75) is 25.8 Å². The number of benzene rings is 1. The number of aryl methyl sites for hydroxylation is 1. The molecule has 2 rings (SSSR count). The molecule has 0 spiro atoms. The maximum atomic E-state index is 12.2. The van der Waals surface area contributed by atoms with Gasteiger partial charge in [0, 0.05) is 31.7 Å². The van der Waals surface area contributed by atoms with E-state index in [9.17, 15) is 9.59 Å². The summed E-state index contributed by atoms with van der Waals surface area (Å²) in [4.78, 5) is 23.3. The Kier molecular flexibility index (Phi) is 4.04. The van der Waals surface area contributed by atoms with Crippen LogP contribution in [0, 0.1) is 6.92 Å². The number of amides is 2. The number of hydrogen-bond donors (Lipinski definition) is 3. The normalized spacial score (nSPS) is 18.6. The van der Waals surface area contributed by atoms with Crippen LogP contribution < -0.4 is 16.0 Å². The van der Waals surface area contributed by atoms with Crippen molar-refractivity contribution < 1.29 is 9.59 Å². The highest BCUT2D eigenvalue weighted by molar-refractivity contribution is 6.00. The van der Waals surface area contributed by atoms with Crippen LogP contribution in [0.15, 0.2) is 18.2 Å². The first-order chi connectivity index (χ1) is 9.10. The SMILES string of the molecule is CNc1cc(C)ccc1C(=O)NC1CCC(=O)NC1. The van der Waals surface area contributed by atoms with Gasteiger partial charge in [-0.15, -0.1) is 0 Å². The van der Waals surface area contributed by atoms with Crippen molar-refractivity contribution in [3.05, 3.63) is 29.3 Å². The van der Waals surface area contributed by atoms with E-state index >= 15 is 0 Å². The van der Waals surface area contributed by atoms with Crippen molar-refractivity contribution in [2.24, 2.45) is 0 Å². The third-order valence-corrected chi connectivity index (χ3v) is 3.29. The molecular weight excluding hydrogens is 242 g/mol. The molecule has 0 saturated carbocycles. The van der Waals surface area contributed by atoms with Crippen molar-refractivity contribution in [3.8, 4) is 0 Å². The fourth-order valence-electron chi connectivity index (χ4n) is 2.18. The predicted molar refractivity (Wildman–Crippen MR) is 74.2 cm³/mol. The summed E-state index contributed by atoms with van der Waals surface area (Å²) in [6, 6.07) is 5.68. The van der Waals surface area contributed by atoms with Crippen LogP contribution in [0.5, 0.6) is 0 Å². The number of rotatable bonds is 3. The molecule has 1 aromatic carbocycles. The van der Waals surface area contributed by atoms with Gasteiger partial charge in [-0.25, -0.2) is 0 Å². The molecule has 1 aliphatic heterocycles. The zero-order valence-electron chi connectivity index (χ0n) is 11.2. The lowest BCUT2D eigenvalue weighted by molar-refractivity contribution is -0.122. The van der Waals surface area contributed by atoms with Crippen molar-refractivity contribution >= 4 is 17.5 Å². The van der Waals surface area contributed by atoms with E-state index in [2.05, 4.69) is 16.0 Å². The molecule has 0 bridgehead atoms. The number of carbonyl (C=O) groups excluding carboxylic acids is 2. The largest absolute Gasteiger partial charge is 0.387 e. The van der Waals surface area contributed by atoms with Crippen LogP contribution in [0.1, 0.15) is 28.8 Å². The fourth-order valence-corrected chi connectivity index (χ4v) is 2.18. The van der Waals surface area contributed by atoms with Crippen molar-refractivity contribution in [3.63, 3.8) is 0 Å². The molecule has 1 aliphatic rings. The number of carbonyl (C=O) groups is 2. The molecular formula is C14H19N3O2. The third kappa shape index (κ3) is 3.24. The number of anilines is 1. The molecule has 1 fully saturated rings. The minimum Gasteiger partial charge on any atom is -0.387 e. The van der Waals surface area contributed by atoms with Gasteiger partial charge in [-0.1, -0.05) is 6.07 Å². The maximum absolute atomic E-state index is 12.2. The number of piperidine rings is 1. The van der Waals surface area contributed by atoms with Gasteiger partial charge in [-0.05, 0) is 31.0 Å². The predicted octanol–water partition coefficient (Wildman–Crippen LogP) is 1.05. The molecule has 1 atom stereocenters. The first-order valence-corrected chi connectivity index (χ1v) is 6.46. The molecule has 1 saturated heterocycles. The maximum Gasteiger partial charge on any atom is 0.253 e. The molecule has 5 heteroatoms. The van der Waals surface area contributed by atoms with Crippen LogP contribution in [0.3, 0.4) is 0 Å². The standard InChI is InChI=1S/C14H19N3O2/c1-9-3-5-11(12(7-9)15-2)14(19)17-10-4-6-13(18)16-8-10/h3,5,7,10,15H,4,6,8H2,1-2H3,(H,16,18)(H,17,19). The molecule has 1 unspecified atom stereocenters. The minimum atomic E-state index is -0.106. The van der Waals surface area contributed by atoms with Gasteiger partial charge in [0.05, 0.1) is 5.56 Å². The Bertz CT molecular complexity index is 489. The summed E-state index contributed by atoms with van der Waals surface area (Å²) in [6.45, 7) is 2.49. The van der Waals surface area contributed by atoms with E-state index in [0.29, 0.717) is 24.9 Å². The Morgan fingerprint density at radius 1 is 1.42 bits per heavy atom. The van der Waals surface area contributed by atoms with Gasteiger partial charge in [-0.3, -0.25) is 9.59 Å². The van der Waals surface area contributed by atoms with Gasteiger partial charge in [0.25, 0.3) is 5.91 Å². The summed E-state index contributed by atoms with van der Waals surface area (Å²) in [5.41, 5.74) is 2.55. The van der Waals surface area contributed by atoms with Crippen LogP contribution >= 0.6 is 0 Å². The highest BCUT2D eigenvalue weighted by Gasteiger charge is 2.21. The monoisotopic (exact) mass is 261 g/mol. The molecule has 0 radical (unpaired) electrons. The Hall–Kier alpha value is -2.04. The second-order valence-corrected chi connectivity index (χ2v) is 4.81. The highest BCUT2D eigenvalue weighted by atomic mass is 16.2. The fraction of sp³-hybridized carbons (Fsp3) is 0.429. The smallest absolute Gasteiger partial charge is 0.253 e. The molecule has 19 heavy (non-hydrogen) atoms. The Balaban J connectivity index is 2.05. The topological polar surface area (TPSA) is 70.2 Å². The molecule has 1 aromatic rings. The van der Waals surface area contributed by atoms with E-state index in [1.54, 1.807) is 7.05 Å². The van der Waals surface area contributed by atoms with Crippen LogP contribution in [0.4, 0.5) is 5.69 Å². The Morgan fingerprint density at radius 3 is 2.84 bits per heavy atom. The molecule has 2 amide bonds. The summed E-state index contributed by atoms with van der Waals surface area (Å²) < 4.78 is 0. The second-order valence-electron chi connectivity index (χ2n) is 4.81. The van der Waals surface area contributed by atoms with Crippen LogP contribution in [-0.4, -0.2) is 31.4 Å². The van der Waals surface area contributed by atoms with E-state index in [1.807, 2.05) is 25.1 Å². The summed E-state index contributed by atoms with van der Waals surface area (Å²) in [6.07, 6.45) is 1.16. The van der Waals surface area contributed by atoms with Crippen molar-refractivity contribution in [1.82, 2.24) is 10.6 Å². The minimum absolute atomic E-state index is 0.0104. The van der Waals surface area contributed by atoms with Crippen LogP contribution in [0.25, 0.3) is 0 Å². The van der Waals surface area contributed by atoms with E-state index in [1.165, 1.54) is 0 Å². The van der Waals surface area contributed by atoms with Gasteiger partial charge in [-0.2, -0.15) is 0 Å². The zero-order chi connectivity index (χ0) is 13.8. The summed E-state index contributed by atoms with van der Waals surface area (Å²) >= 11 is 0. The third-order valence-electron chi connectivity index (χ3n) is 3.29. The average Bonchev–Trinajstić information content (AvgIpc) is 2.41. The first kappa shape index (κ1) is 13.4. The first-order valence-electron chi connectivity index (χ1n) is 6.46. The Morgan fingerprint density at radius 2 is 2.21 bits per heavy atom. The summed E-state index contributed by atoms with van der Waals surface area (Å²) in [7, 11) is 1.80. The molecule has 5 nitrogen and oxygen atoms in total. The molecule has 0 aliphatic carbocycles. The highest BCUT2D eigenvalue weighted by Crippen LogP contribution is 2.17. The van der Waals surface area contributed by atoms with Gasteiger partial charge in [0.15, 0.2) is 0 Å². The second kappa shape index (κ2) is 5.73. The van der Waals surface area contributed by atoms with Gasteiger partial charge >= 0.3 is 0 Å². The molecule has 1 heterocycles. The molecule has 0 aromatic heterocycles. The van der Waals surface area contributed by atoms with E-state index in [4.69, 9.17) is 0 Å². The van der Waals surface area contributed by atoms with Gasteiger partial charge in [0.2, 0.25) is 5.91 Å². The number of nitrogens with one attached hydrogen (secondary N) is 3.